The zero-order valence-electron chi connectivity index (χ0n) is 18.8. The summed E-state index contributed by atoms with van der Waals surface area (Å²) in [6, 6.07) is 0. The van der Waals surface area contributed by atoms with Crippen LogP contribution in [-0.4, -0.2) is 25.2 Å². The van der Waals surface area contributed by atoms with Gasteiger partial charge in [0.05, 0.1) is 13.2 Å². The summed E-state index contributed by atoms with van der Waals surface area (Å²) in [5.41, 5.74) is 0. The van der Waals surface area contributed by atoms with E-state index in [9.17, 15) is 9.59 Å². The lowest BCUT2D eigenvalue weighted by Gasteiger charge is -2.06. The van der Waals surface area contributed by atoms with Crippen molar-refractivity contribution in [3.63, 3.8) is 0 Å². The van der Waals surface area contributed by atoms with E-state index in [-0.39, 0.29) is 11.9 Å². The number of rotatable bonds is 21. The van der Waals surface area contributed by atoms with Crippen LogP contribution in [0.1, 0.15) is 129 Å². The van der Waals surface area contributed by atoms with Gasteiger partial charge in [0.25, 0.3) is 0 Å². The first kappa shape index (κ1) is 26.9. The van der Waals surface area contributed by atoms with Crippen LogP contribution >= 0.6 is 0 Å². The smallest absolute Gasteiger partial charge is 0.305 e. The van der Waals surface area contributed by atoms with Crippen molar-refractivity contribution in [2.75, 3.05) is 13.2 Å². The lowest BCUT2D eigenvalue weighted by molar-refractivity contribution is -0.146. The van der Waals surface area contributed by atoms with Gasteiger partial charge in [0, 0.05) is 12.8 Å². The van der Waals surface area contributed by atoms with Crippen LogP contribution in [0.5, 0.6) is 0 Å². The highest BCUT2D eigenvalue weighted by Crippen LogP contribution is 2.10. The third kappa shape index (κ3) is 21.2. The lowest BCUT2D eigenvalue weighted by atomic mass is 10.1. The molecule has 0 aliphatic carbocycles. The Kier molecular flexibility index (Phi) is 21.4. The van der Waals surface area contributed by atoms with E-state index in [4.69, 9.17) is 9.47 Å². The minimum absolute atomic E-state index is 0.135. The van der Waals surface area contributed by atoms with Crippen LogP contribution in [0, 0.1) is 0 Å². The average Bonchev–Trinajstić information content (AvgIpc) is 2.69. The molecule has 0 amide bonds. The highest BCUT2D eigenvalue weighted by atomic mass is 16.5. The summed E-state index contributed by atoms with van der Waals surface area (Å²) in [7, 11) is 0. The number of carbonyl (C=O) groups is 2. The molecule has 0 saturated heterocycles. The van der Waals surface area contributed by atoms with Crippen LogP contribution in [0.15, 0.2) is 0 Å². The molecular formula is C24H46O4. The van der Waals surface area contributed by atoms with Gasteiger partial charge in [-0.3, -0.25) is 9.59 Å². The van der Waals surface area contributed by atoms with E-state index in [0.29, 0.717) is 38.9 Å². The zero-order chi connectivity index (χ0) is 20.7. The van der Waals surface area contributed by atoms with Crippen LogP contribution in [-0.2, 0) is 19.1 Å². The molecule has 0 bridgehead atoms. The van der Waals surface area contributed by atoms with Gasteiger partial charge in [-0.2, -0.15) is 0 Å². The number of hydrogen-bond donors (Lipinski definition) is 0. The van der Waals surface area contributed by atoms with Crippen molar-refractivity contribution in [3.8, 4) is 0 Å². The highest BCUT2D eigenvalue weighted by Gasteiger charge is 2.06. The Morgan fingerprint density at radius 3 is 1.14 bits per heavy atom. The lowest BCUT2D eigenvalue weighted by Crippen LogP contribution is -2.08. The van der Waals surface area contributed by atoms with Gasteiger partial charge >= 0.3 is 11.9 Å². The fourth-order valence-electron chi connectivity index (χ4n) is 3.17. The van der Waals surface area contributed by atoms with Crippen LogP contribution in [0.2, 0.25) is 0 Å². The molecule has 0 saturated carbocycles. The third-order valence-electron chi connectivity index (χ3n) is 5.03. The monoisotopic (exact) mass is 398 g/mol. The van der Waals surface area contributed by atoms with Gasteiger partial charge in [-0.1, -0.05) is 90.9 Å². The van der Waals surface area contributed by atoms with E-state index in [1.807, 2.05) is 0 Å². The van der Waals surface area contributed by atoms with E-state index in [1.165, 1.54) is 64.2 Å². The largest absolute Gasteiger partial charge is 0.466 e. The van der Waals surface area contributed by atoms with Gasteiger partial charge in [-0.25, -0.2) is 0 Å². The molecule has 0 N–H and O–H groups in total. The van der Waals surface area contributed by atoms with Crippen molar-refractivity contribution in [3.05, 3.63) is 0 Å². The minimum atomic E-state index is -0.140. The second-order valence-electron chi connectivity index (χ2n) is 7.89. The minimum Gasteiger partial charge on any atom is -0.466 e. The maximum absolute atomic E-state index is 11.7. The van der Waals surface area contributed by atoms with Crippen molar-refractivity contribution < 1.29 is 19.1 Å². The Balaban J connectivity index is 3.29. The molecule has 0 aromatic rings. The van der Waals surface area contributed by atoms with Crippen LogP contribution in [0.4, 0.5) is 0 Å². The molecule has 0 aliphatic rings. The molecule has 4 nitrogen and oxygen atoms in total. The fourth-order valence-corrected chi connectivity index (χ4v) is 3.17. The molecule has 0 aliphatic heterocycles. The van der Waals surface area contributed by atoms with Gasteiger partial charge < -0.3 is 9.47 Å². The second kappa shape index (κ2) is 22.2. The van der Waals surface area contributed by atoms with Gasteiger partial charge in [0.15, 0.2) is 0 Å². The number of hydrogen-bond acceptors (Lipinski definition) is 4. The molecule has 0 fully saturated rings. The topological polar surface area (TPSA) is 52.6 Å². The molecule has 0 unspecified atom stereocenters. The van der Waals surface area contributed by atoms with Crippen molar-refractivity contribution in [1.82, 2.24) is 0 Å². The van der Waals surface area contributed by atoms with Gasteiger partial charge in [-0.05, 0) is 25.7 Å². The molecule has 0 aromatic heterocycles. The van der Waals surface area contributed by atoms with E-state index < -0.39 is 0 Å². The normalized spacial score (nSPS) is 10.8. The van der Waals surface area contributed by atoms with Crippen molar-refractivity contribution in [2.45, 2.75) is 129 Å². The summed E-state index contributed by atoms with van der Waals surface area (Å²) >= 11 is 0. The molecule has 166 valence electrons. The Labute approximate surface area is 174 Å². The standard InChI is InChI=1S/C24H46O4/c1-3-5-7-9-10-11-12-14-18-22-28-24(26)20-16-15-19-23(25)27-21-17-13-8-6-4-2/h3-22H2,1-2H3. The van der Waals surface area contributed by atoms with E-state index in [0.717, 1.165) is 25.7 Å². The summed E-state index contributed by atoms with van der Waals surface area (Å²) in [6.45, 7) is 5.50. The molecule has 4 heteroatoms. The number of unbranched alkanes of at least 4 members (excludes halogenated alkanes) is 13. The quantitative estimate of drug-likeness (QED) is 0.152. The third-order valence-corrected chi connectivity index (χ3v) is 5.03. The molecule has 0 atom stereocenters. The van der Waals surface area contributed by atoms with Crippen molar-refractivity contribution in [2.24, 2.45) is 0 Å². The molecular weight excluding hydrogens is 352 g/mol. The van der Waals surface area contributed by atoms with Crippen LogP contribution in [0.3, 0.4) is 0 Å². The van der Waals surface area contributed by atoms with Gasteiger partial charge in [0.2, 0.25) is 0 Å². The van der Waals surface area contributed by atoms with Crippen LogP contribution < -0.4 is 0 Å². The summed E-state index contributed by atoms with van der Waals surface area (Å²) in [5, 5.41) is 0. The average molecular weight is 399 g/mol. The Bertz CT molecular complexity index is 355. The first-order valence-corrected chi connectivity index (χ1v) is 12.0. The van der Waals surface area contributed by atoms with E-state index in [2.05, 4.69) is 13.8 Å². The molecule has 0 radical (unpaired) electrons. The molecule has 0 spiro atoms. The maximum atomic E-state index is 11.7. The fraction of sp³-hybridized carbons (Fsp3) is 0.917. The summed E-state index contributed by atoms with van der Waals surface area (Å²) in [5.74, 6) is -0.276. The van der Waals surface area contributed by atoms with Gasteiger partial charge in [-0.15, -0.1) is 0 Å². The maximum Gasteiger partial charge on any atom is 0.305 e. The van der Waals surface area contributed by atoms with Crippen molar-refractivity contribution >= 4 is 11.9 Å². The number of carbonyl (C=O) groups excluding carboxylic acids is 2. The number of esters is 2. The highest BCUT2D eigenvalue weighted by molar-refractivity contribution is 5.70. The summed E-state index contributed by atoms with van der Waals surface area (Å²) in [6.07, 6.45) is 19.3. The summed E-state index contributed by atoms with van der Waals surface area (Å²) in [4.78, 5) is 23.3. The molecule has 28 heavy (non-hydrogen) atoms. The van der Waals surface area contributed by atoms with Crippen molar-refractivity contribution in [1.29, 1.82) is 0 Å². The Morgan fingerprint density at radius 2 is 0.786 bits per heavy atom. The zero-order valence-corrected chi connectivity index (χ0v) is 18.8. The number of ether oxygens (including phenoxy) is 2. The molecule has 0 aromatic carbocycles. The summed E-state index contributed by atoms with van der Waals surface area (Å²) < 4.78 is 10.5. The first-order valence-electron chi connectivity index (χ1n) is 12.0. The second-order valence-corrected chi connectivity index (χ2v) is 7.89. The van der Waals surface area contributed by atoms with Crippen LogP contribution in [0.25, 0.3) is 0 Å². The molecule has 0 heterocycles. The van der Waals surface area contributed by atoms with E-state index >= 15 is 0 Å². The van der Waals surface area contributed by atoms with E-state index in [1.54, 1.807) is 0 Å². The Hall–Kier alpha value is -1.06. The predicted molar refractivity (Wildman–Crippen MR) is 116 cm³/mol. The SMILES string of the molecule is CCCCCCCCCCCOC(=O)CCCCC(=O)OCCCCCCC. The molecule has 0 rings (SSSR count). The predicted octanol–water partition coefficient (Wildman–Crippen LogP) is 7.13. The first-order chi connectivity index (χ1) is 13.7. The Morgan fingerprint density at radius 1 is 0.464 bits per heavy atom. The van der Waals surface area contributed by atoms with Gasteiger partial charge in [0.1, 0.15) is 0 Å².